The van der Waals surface area contributed by atoms with Crippen molar-refractivity contribution in [3.63, 3.8) is 0 Å². The van der Waals surface area contributed by atoms with Crippen molar-refractivity contribution in [3.8, 4) is 0 Å². The Bertz CT molecular complexity index is 296. The van der Waals surface area contributed by atoms with E-state index in [0.29, 0.717) is 6.04 Å². The Hall–Kier alpha value is -0.570. The summed E-state index contributed by atoms with van der Waals surface area (Å²) in [6.07, 6.45) is 3.49. The number of nitrogens with two attached hydrogens (primary N) is 1. The molecule has 2 N–H and O–H groups in total. The van der Waals surface area contributed by atoms with Gasteiger partial charge in [0.2, 0.25) is 0 Å². The van der Waals surface area contributed by atoms with E-state index < -0.39 is 0 Å². The van der Waals surface area contributed by atoms with E-state index in [4.69, 9.17) is 5.73 Å². The van der Waals surface area contributed by atoms with Crippen LogP contribution < -0.4 is 5.73 Å². The predicted molar refractivity (Wildman–Crippen MR) is 71.0 cm³/mol. The molecule has 0 radical (unpaired) electrons. The molecule has 2 nitrogen and oxygen atoms in total. The molecule has 1 aromatic rings. The molecule has 1 aliphatic rings. The Morgan fingerprint density at radius 1 is 1.25 bits per heavy atom. The number of halogens is 1. The van der Waals surface area contributed by atoms with Gasteiger partial charge in [0, 0.05) is 18.6 Å². The lowest BCUT2D eigenvalue weighted by atomic mass is 9.86. The minimum atomic E-state index is 0. The second-order valence-electron chi connectivity index (χ2n) is 4.60. The summed E-state index contributed by atoms with van der Waals surface area (Å²) in [6, 6.07) is 11.8. The Labute approximate surface area is 104 Å². The van der Waals surface area contributed by atoms with Gasteiger partial charge in [0.1, 0.15) is 0 Å². The molecule has 0 aliphatic heterocycles. The van der Waals surface area contributed by atoms with Crippen molar-refractivity contribution in [2.45, 2.75) is 31.3 Å². The zero-order chi connectivity index (χ0) is 10.7. The molecule has 0 atom stereocenters. The van der Waals surface area contributed by atoms with Crippen molar-refractivity contribution < 1.29 is 0 Å². The largest absolute Gasteiger partial charge is 0.328 e. The van der Waals surface area contributed by atoms with Gasteiger partial charge in [-0.3, -0.25) is 0 Å². The van der Waals surface area contributed by atoms with E-state index in [1.807, 2.05) is 0 Å². The van der Waals surface area contributed by atoms with Crippen LogP contribution >= 0.6 is 12.4 Å². The third kappa shape index (κ3) is 3.48. The minimum Gasteiger partial charge on any atom is -0.328 e. The first-order valence-electron chi connectivity index (χ1n) is 5.75. The molecule has 3 heteroatoms. The minimum absolute atomic E-state index is 0. The Morgan fingerprint density at radius 2 is 1.88 bits per heavy atom. The maximum Gasteiger partial charge on any atom is 0.0122 e. The van der Waals surface area contributed by atoms with Gasteiger partial charge in [0.15, 0.2) is 0 Å². The average Bonchev–Trinajstić information content (AvgIpc) is 2.23. The SMILES string of the molecule is CN(CCc1ccccc1)C1CC(N)C1.Cl. The fraction of sp³-hybridized carbons (Fsp3) is 0.538. The lowest BCUT2D eigenvalue weighted by Crippen LogP contribution is -2.49. The van der Waals surface area contributed by atoms with E-state index in [1.54, 1.807) is 0 Å². The molecule has 90 valence electrons. The molecule has 16 heavy (non-hydrogen) atoms. The van der Waals surface area contributed by atoms with E-state index in [9.17, 15) is 0 Å². The summed E-state index contributed by atoms with van der Waals surface area (Å²) < 4.78 is 0. The van der Waals surface area contributed by atoms with Crippen LogP contribution in [-0.2, 0) is 6.42 Å². The summed E-state index contributed by atoms with van der Waals surface area (Å²) in [5.41, 5.74) is 7.21. The van der Waals surface area contributed by atoms with Gasteiger partial charge in [-0.05, 0) is 31.9 Å². The first kappa shape index (κ1) is 13.5. The average molecular weight is 241 g/mol. The fourth-order valence-electron chi connectivity index (χ4n) is 2.12. The fourth-order valence-corrected chi connectivity index (χ4v) is 2.12. The van der Waals surface area contributed by atoms with E-state index in [0.717, 1.165) is 19.0 Å². The van der Waals surface area contributed by atoms with Crippen LogP contribution in [0.3, 0.4) is 0 Å². The Morgan fingerprint density at radius 3 is 2.44 bits per heavy atom. The molecule has 1 aromatic carbocycles. The number of rotatable bonds is 4. The van der Waals surface area contributed by atoms with E-state index in [-0.39, 0.29) is 12.4 Å². The monoisotopic (exact) mass is 240 g/mol. The summed E-state index contributed by atoms with van der Waals surface area (Å²) in [5.74, 6) is 0. The molecule has 0 spiro atoms. The van der Waals surface area contributed by atoms with Crippen LogP contribution in [0, 0.1) is 0 Å². The molecule has 1 fully saturated rings. The molecule has 0 saturated heterocycles. The van der Waals surface area contributed by atoms with Gasteiger partial charge in [-0.2, -0.15) is 0 Å². The lowest BCUT2D eigenvalue weighted by molar-refractivity contribution is 0.140. The predicted octanol–water partition coefficient (Wildman–Crippen LogP) is 2.07. The highest BCUT2D eigenvalue weighted by Gasteiger charge is 2.28. The van der Waals surface area contributed by atoms with Crippen LogP contribution in [0.4, 0.5) is 0 Å². The highest BCUT2D eigenvalue weighted by molar-refractivity contribution is 5.85. The maximum absolute atomic E-state index is 5.79. The topological polar surface area (TPSA) is 29.3 Å². The van der Waals surface area contributed by atoms with Gasteiger partial charge >= 0.3 is 0 Å². The van der Waals surface area contributed by atoms with Gasteiger partial charge in [-0.25, -0.2) is 0 Å². The van der Waals surface area contributed by atoms with Crippen molar-refractivity contribution in [1.82, 2.24) is 4.90 Å². The van der Waals surface area contributed by atoms with Crippen LogP contribution in [0.25, 0.3) is 0 Å². The summed E-state index contributed by atoms with van der Waals surface area (Å²) >= 11 is 0. The third-order valence-electron chi connectivity index (χ3n) is 3.37. The molecule has 1 saturated carbocycles. The van der Waals surface area contributed by atoms with Crippen molar-refractivity contribution in [3.05, 3.63) is 35.9 Å². The zero-order valence-corrected chi connectivity index (χ0v) is 10.6. The van der Waals surface area contributed by atoms with Crippen molar-refractivity contribution in [1.29, 1.82) is 0 Å². The van der Waals surface area contributed by atoms with Gasteiger partial charge in [0.25, 0.3) is 0 Å². The van der Waals surface area contributed by atoms with Crippen molar-refractivity contribution >= 4 is 12.4 Å². The van der Waals surface area contributed by atoms with E-state index in [1.165, 1.54) is 18.4 Å². The molecule has 2 rings (SSSR count). The molecule has 0 heterocycles. The van der Waals surface area contributed by atoms with Gasteiger partial charge in [-0.1, -0.05) is 30.3 Å². The van der Waals surface area contributed by atoms with Gasteiger partial charge in [-0.15, -0.1) is 12.4 Å². The van der Waals surface area contributed by atoms with Crippen LogP contribution in [0.5, 0.6) is 0 Å². The van der Waals surface area contributed by atoms with Gasteiger partial charge < -0.3 is 10.6 Å². The molecular formula is C13H21ClN2. The highest BCUT2D eigenvalue weighted by Crippen LogP contribution is 2.22. The smallest absolute Gasteiger partial charge is 0.0122 e. The second-order valence-corrected chi connectivity index (χ2v) is 4.60. The lowest BCUT2D eigenvalue weighted by Gasteiger charge is -2.39. The number of likely N-dealkylation sites (N-methyl/N-ethyl adjacent to an activating group) is 1. The number of hydrogen-bond acceptors (Lipinski definition) is 2. The molecule has 0 amide bonds. The quantitative estimate of drug-likeness (QED) is 0.873. The van der Waals surface area contributed by atoms with Crippen LogP contribution in [-0.4, -0.2) is 30.6 Å². The number of benzene rings is 1. The van der Waals surface area contributed by atoms with E-state index >= 15 is 0 Å². The highest BCUT2D eigenvalue weighted by atomic mass is 35.5. The summed E-state index contributed by atoms with van der Waals surface area (Å²) in [7, 11) is 2.21. The molecule has 0 unspecified atom stereocenters. The molecule has 1 aliphatic carbocycles. The molecular weight excluding hydrogens is 220 g/mol. The Balaban J connectivity index is 0.00000128. The zero-order valence-electron chi connectivity index (χ0n) is 9.80. The maximum atomic E-state index is 5.79. The number of nitrogens with zero attached hydrogens (tertiary/aromatic N) is 1. The van der Waals surface area contributed by atoms with Crippen molar-refractivity contribution in [2.24, 2.45) is 5.73 Å². The Kier molecular flexibility index (Phi) is 5.26. The van der Waals surface area contributed by atoms with Crippen LogP contribution in [0.15, 0.2) is 30.3 Å². The first-order chi connectivity index (χ1) is 7.25. The summed E-state index contributed by atoms with van der Waals surface area (Å²) in [4.78, 5) is 2.44. The summed E-state index contributed by atoms with van der Waals surface area (Å²) in [5, 5.41) is 0. The van der Waals surface area contributed by atoms with Crippen LogP contribution in [0.2, 0.25) is 0 Å². The van der Waals surface area contributed by atoms with Crippen LogP contribution in [0.1, 0.15) is 18.4 Å². The molecule has 0 bridgehead atoms. The van der Waals surface area contributed by atoms with Gasteiger partial charge in [0.05, 0.1) is 0 Å². The first-order valence-corrected chi connectivity index (χ1v) is 5.75. The number of hydrogen-bond donors (Lipinski definition) is 1. The second kappa shape index (κ2) is 6.24. The standard InChI is InChI=1S/C13H20N2.ClH/c1-15(13-9-12(14)10-13)8-7-11-5-3-2-4-6-11;/h2-6,12-13H,7-10,14H2,1H3;1H. The molecule has 0 aromatic heterocycles. The summed E-state index contributed by atoms with van der Waals surface area (Å²) in [6.45, 7) is 1.14. The third-order valence-corrected chi connectivity index (χ3v) is 3.37. The normalized spacial score (nSPS) is 23.7. The van der Waals surface area contributed by atoms with Crippen molar-refractivity contribution in [2.75, 3.05) is 13.6 Å². The van der Waals surface area contributed by atoms with E-state index in [2.05, 4.69) is 42.3 Å².